The molecule has 0 spiro atoms. The monoisotopic (exact) mass is 207 g/mol. The quantitative estimate of drug-likeness (QED) is 0.719. The average Bonchev–Trinajstić information content (AvgIpc) is 2.14. The van der Waals surface area contributed by atoms with Crippen molar-refractivity contribution < 1.29 is 9.53 Å². The van der Waals surface area contributed by atoms with E-state index >= 15 is 0 Å². The molecule has 0 aromatic rings. The van der Waals surface area contributed by atoms with E-state index in [9.17, 15) is 4.79 Å². The first-order valence-corrected chi connectivity index (χ1v) is 4.97. The Labute approximate surface area is 90.3 Å². The number of hydrogen-bond acceptors (Lipinski definition) is 2. The lowest BCUT2D eigenvalue weighted by molar-refractivity contribution is -0.113. The van der Waals surface area contributed by atoms with Gasteiger partial charge < -0.3 is 10.5 Å². The van der Waals surface area contributed by atoms with Crippen LogP contribution in [0.2, 0.25) is 0 Å². The maximum Gasteiger partial charge on any atom is 0.241 e. The molecular weight excluding hydrogens is 190 g/mol. The molecule has 0 fully saturated rings. The minimum atomic E-state index is -0.414. The molecule has 2 N–H and O–H groups in total. The Morgan fingerprint density at radius 2 is 2.33 bits per heavy atom. The van der Waals surface area contributed by atoms with Crippen molar-refractivity contribution in [2.45, 2.75) is 20.3 Å². The van der Waals surface area contributed by atoms with E-state index in [2.05, 4.69) is 6.92 Å². The maximum atomic E-state index is 10.6. The van der Waals surface area contributed by atoms with Gasteiger partial charge in [0.05, 0.1) is 7.11 Å². The van der Waals surface area contributed by atoms with Crippen LogP contribution in [0.25, 0.3) is 0 Å². The van der Waals surface area contributed by atoms with E-state index in [4.69, 9.17) is 10.5 Å². The van der Waals surface area contributed by atoms with Gasteiger partial charge in [0.2, 0.25) is 5.91 Å². The molecule has 1 amide bonds. The second-order valence-electron chi connectivity index (χ2n) is 3.81. The smallest absolute Gasteiger partial charge is 0.241 e. The van der Waals surface area contributed by atoms with E-state index in [-0.39, 0.29) is 0 Å². The first-order valence-electron chi connectivity index (χ1n) is 4.97. The van der Waals surface area contributed by atoms with Crippen LogP contribution >= 0.6 is 0 Å². The van der Waals surface area contributed by atoms with Crippen molar-refractivity contribution in [2.75, 3.05) is 7.11 Å². The fourth-order valence-electron chi connectivity index (χ4n) is 1.91. The molecule has 1 aliphatic rings. The summed E-state index contributed by atoms with van der Waals surface area (Å²) >= 11 is 0. The first-order chi connectivity index (χ1) is 7.04. The third kappa shape index (κ3) is 2.98. The molecule has 3 nitrogen and oxygen atoms in total. The summed E-state index contributed by atoms with van der Waals surface area (Å²) in [4.78, 5) is 10.6. The summed E-state index contributed by atoms with van der Waals surface area (Å²) in [6, 6.07) is 0. The third-order valence-electron chi connectivity index (χ3n) is 2.46. The zero-order valence-corrected chi connectivity index (χ0v) is 9.41. The minimum absolute atomic E-state index is 0.354. The van der Waals surface area contributed by atoms with Crippen LogP contribution in [0.1, 0.15) is 20.3 Å². The van der Waals surface area contributed by atoms with Crippen LogP contribution in [-0.4, -0.2) is 13.0 Å². The lowest BCUT2D eigenvalue weighted by Gasteiger charge is -2.22. The molecule has 0 radical (unpaired) electrons. The summed E-state index contributed by atoms with van der Waals surface area (Å²) in [5, 5.41) is 0. The Morgan fingerprint density at radius 1 is 1.67 bits per heavy atom. The minimum Gasteiger partial charge on any atom is -0.501 e. The van der Waals surface area contributed by atoms with Crippen LogP contribution in [0.5, 0.6) is 0 Å². The number of carbonyl (C=O) groups is 1. The van der Waals surface area contributed by atoms with E-state index in [0.29, 0.717) is 5.92 Å². The van der Waals surface area contributed by atoms with Crippen molar-refractivity contribution in [3.05, 3.63) is 35.1 Å². The van der Waals surface area contributed by atoms with Crippen LogP contribution in [0.15, 0.2) is 35.1 Å². The van der Waals surface area contributed by atoms with Gasteiger partial charge in [0.1, 0.15) is 5.76 Å². The van der Waals surface area contributed by atoms with Gasteiger partial charge in [-0.25, -0.2) is 0 Å². The van der Waals surface area contributed by atoms with Gasteiger partial charge >= 0.3 is 0 Å². The summed E-state index contributed by atoms with van der Waals surface area (Å²) in [5.74, 6) is 0.960. The number of primary amides is 1. The molecule has 3 heteroatoms. The molecule has 1 aliphatic carbocycles. The summed E-state index contributed by atoms with van der Waals surface area (Å²) in [7, 11) is 1.69. The number of allylic oxidation sites excluding steroid dienone is 5. The second kappa shape index (κ2) is 4.82. The predicted octanol–water partition coefficient (Wildman–Crippen LogP) is 1.91. The van der Waals surface area contributed by atoms with Gasteiger partial charge in [-0.15, -0.1) is 0 Å². The fourth-order valence-corrected chi connectivity index (χ4v) is 1.91. The van der Waals surface area contributed by atoms with Gasteiger partial charge in [-0.05, 0) is 24.5 Å². The van der Waals surface area contributed by atoms with Crippen molar-refractivity contribution in [2.24, 2.45) is 11.7 Å². The summed E-state index contributed by atoms with van der Waals surface area (Å²) in [5.41, 5.74) is 7.26. The predicted molar refractivity (Wildman–Crippen MR) is 59.9 cm³/mol. The number of nitrogens with two attached hydrogens (primary N) is 1. The van der Waals surface area contributed by atoms with Crippen LogP contribution < -0.4 is 5.73 Å². The van der Waals surface area contributed by atoms with Crippen LogP contribution in [-0.2, 0) is 9.53 Å². The molecular formula is C12H17NO2. The molecule has 1 atom stereocenters. The Kier molecular flexibility index (Phi) is 3.72. The number of hydrogen-bond donors (Lipinski definition) is 1. The SMILES string of the molecule is COC1=C(C)C=C(C=CC(N)=O)CC1C. The third-order valence-corrected chi connectivity index (χ3v) is 2.46. The van der Waals surface area contributed by atoms with Gasteiger partial charge in [0.15, 0.2) is 0 Å². The van der Waals surface area contributed by atoms with Crippen LogP contribution in [0.3, 0.4) is 0 Å². The number of rotatable bonds is 3. The number of amides is 1. The zero-order valence-electron chi connectivity index (χ0n) is 9.41. The molecule has 0 saturated heterocycles. The molecule has 82 valence electrons. The summed E-state index contributed by atoms with van der Waals surface area (Å²) in [6.45, 7) is 4.11. The molecule has 0 saturated carbocycles. The Bertz CT molecular complexity index is 351. The molecule has 0 aliphatic heterocycles. The topological polar surface area (TPSA) is 52.3 Å². The normalized spacial score (nSPS) is 21.8. The van der Waals surface area contributed by atoms with Crippen molar-refractivity contribution in [1.82, 2.24) is 0 Å². The van der Waals surface area contributed by atoms with E-state index in [1.54, 1.807) is 13.2 Å². The number of methoxy groups -OCH3 is 1. The van der Waals surface area contributed by atoms with E-state index in [0.717, 1.165) is 23.3 Å². The average molecular weight is 207 g/mol. The lowest BCUT2D eigenvalue weighted by Crippen LogP contribution is -2.10. The Hall–Kier alpha value is -1.51. The zero-order chi connectivity index (χ0) is 11.4. The molecule has 0 heterocycles. The van der Waals surface area contributed by atoms with E-state index < -0.39 is 5.91 Å². The summed E-state index contributed by atoms with van der Waals surface area (Å²) < 4.78 is 5.31. The molecule has 0 bridgehead atoms. The second-order valence-corrected chi connectivity index (χ2v) is 3.81. The number of carbonyl (C=O) groups excluding carboxylic acids is 1. The van der Waals surface area contributed by atoms with E-state index in [1.165, 1.54) is 6.08 Å². The highest BCUT2D eigenvalue weighted by Gasteiger charge is 2.17. The molecule has 1 unspecified atom stereocenters. The van der Waals surface area contributed by atoms with Gasteiger partial charge in [-0.1, -0.05) is 19.1 Å². The largest absolute Gasteiger partial charge is 0.501 e. The maximum absolute atomic E-state index is 10.6. The fraction of sp³-hybridized carbons (Fsp3) is 0.417. The highest BCUT2D eigenvalue weighted by molar-refractivity contribution is 5.86. The van der Waals surface area contributed by atoms with Gasteiger partial charge in [0, 0.05) is 12.0 Å². The van der Waals surface area contributed by atoms with E-state index in [1.807, 2.05) is 13.0 Å². The summed E-state index contributed by atoms with van der Waals surface area (Å²) in [6.07, 6.45) is 6.07. The molecule has 0 aromatic heterocycles. The first kappa shape index (κ1) is 11.6. The van der Waals surface area contributed by atoms with Gasteiger partial charge in [-0.2, -0.15) is 0 Å². The van der Waals surface area contributed by atoms with Crippen LogP contribution in [0, 0.1) is 5.92 Å². The lowest BCUT2D eigenvalue weighted by atomic mass is 9.90. The Morgan fingerprint density at radius 3 is 2.80 bits per heavy atom. The highest BCUT2D eigenvalue weighted by Crippen LogP contribution is 2.29. The van der Waals surface area contributed by atoms with Crippen LogP contribution in [0.4, 0.5) is 0 Å². The number of ether oxygens (including phenoxy) is 1. The molecule has 0 aromatic carbocycles. The van der Waals surface area contributed by atoms with Gasteiger partial charge in [0.25, 0.3) is 0 Å². The Balaban J connectivity index is 2.88. The van der Waals surface area contributed by atoms with Crippen molar-refractivity contribution in [3.8, 4) is 0 Å². The molecule has 15 heavy (non-hydrogen) atoms. The van der Waals surface area contributed by atoms with Crippen molar-refractivity contribution in [1.29, 1.82) is 0 Å². The van der Waals surface area contributed by atoms with Gasteiger partial charge in [-0.3, -0.25) is 4.79 Å². The molecule has 1 rings (SSSR count). The van der Waals surface area contributed by atoms with Crippen molar-refractivity contribution in [3.63, 3.8) is 0 Å². The van der Waals surface area contributed by atoms with Crippen molar-refractivity contribution >= 4 is 5.91 Å². The standard InChI is InChI=1S/C12H17NO2/c1-8-6-10(4-5-11(13)14)7-9(2)12(8)15-3/h4-6,9H,7H2,1-3H3,(H2,13,14). The highest BCUT2D eigenvalue weighted by atomic mass is 16.5.